The van der Waals surface area contributed by atoms with Crippen molar-refractivity contribution in [1.82, 2.24) is 15.1 Å². The third kappa shape index (κ3) is 6.52. The van der Waals surface area contributed by atoms with Crippen molar-refractivity contribution in [2.24, 2.45) is 4.99 Å². The number of anilines is 1. The zero-order valence-electron chi connectivity index (χ0n) is 18.6. The van der Waals surface area contributed by atoms with Crippen LogP contribution in [-0.4, -0.2) is 21.6 Å². The van der Waals surface area contributed by atoms with Gasteiger partial charge in [0.1, 0.15) is 11.6 Å². The second kappa shape index (κ2) is 10.8. The molecular weight excluding hydrogens is 564 g/mol. The molecule has 0 saturated heterocycles. The predicted octanol–water partition coefficient (Wildman–Crippen LogP) is 7.79. The van der Waals surface area contributed by atoms with Crippen LogP contribution in [0.25, 0.3) is 0 Å². The number of nitrogens with zero attached hydrogens (tertiary/aromatic N) is 3. The number of aromatic nitrogens is 2. The molecule has 1 saturated carbocycles. The molecule has 0 unspecified atom stereocenters. The van der Waals surface area contributed by atoms with E-state index in [9.17, 15) is 26.7 Å². The highest BCUT2D eigenvalue weighted by Crippen LogP contribution is 2.37. The van der Waals surface area contributed by atoms with Crippen LogP contribution in [-0.2, 0) is 6.18 Å². The standard InChI is InChI=1S/C23H17Cl3F5N5O/c24-11-5-12(27)7-13(6-11)32-22(34-21(37)15-8-18(28)17(26)9-16(15)25)33-20-10-19(23(29,30)31)35-36(20)14-3-1-2-4-14/h5-10,14H,1-4H2,(H2,32,33,34,37). The molecule has 0 radical (unpaired) electrons. The number of hydrogen-bond donors (Lipinski definition) is 2. The van der Waals surface area contributed by atoms with Crippen molar-refractivity contribution in [3.8, 4) is 0 Å². The number of aliphatic imine (C=N–C) groups is 1. The molecule has 2 aromatic carbocycles. The highest BCUT2D eigenvalue weighted by molar-refractivity contribution is 6.37. The number of alkyl halides is 3. The fourth-order valence-corrected chi connectivity index (χ4v) is 4.55. The maximum atomic E-state index is 14.0. The van der Waals surface area contributed by atoms with Crippen molar-refractivity contribution in [1.29, 1.82) is 0 Å². The molecule has 1 heterocycles. The summed E-state index contributed by atoms with van der Waals surface area (Å²) in [6, 6.07) is 5.57. The van der Waals surface area contributed by atoms with Crippen LogP contribution in [0.5, 0.6) is 0 Å². The fourth-order valence-electron chi connectivity index (χ4n) is 3.86. The molecule has 0 spiro atoms. The molecule has 0 aliphatic heterocycles. The van der Waals surface area contributed by atoms with Gasteiger partial charge in [0.15, 0.2) is 11.5 Å². The number of guanidine groups is 1. The summed E-state index contributed by atoms with van der Waals surface area (Å²) >= 11 is 17.6. The van der Waals surface area contributed by atoms with Gasteiger partial charge in [-0.1, -0.05) is 47.6 Å². The lowest BCUT2D eigenvalue weighted by Crippen LogP contribution is -2.36. The Morgan fingerprint density at radius 1 is 1.00 bits per heavy atom. The number of halogens is 8. The first-order valence-electron chi connectivity index (χ1n) is 10.8. The molecule has 2 N–H and O–H groups in total. The Morgan fingerprint density at radius 3 is 2.35 bits per heavy atom. The van der Waals surface area contributed by atoms with Gasteiger partial charge in [-0.2, -0.15) is 23.3 Å². The van der Waals surface area contributed by atoms with Gasteiger partial charge in [-0.25, -0.2) is 13.5 Å². The first-order valence-corrected chi connectivity index (χ1v) is 12.0. The quantitative estimate of drug-likeness (QED) is 0.143. The Kier molecular flexibility index (Phi) is 7.96. The maximum Gasteiger partial charge on any atom is 0.435 e. The van der Waals surface area contributed by atoms with Gasteiger partial charge in [-0.15, -0.1) is 0 Å². The van der Waals surface area contributed by atoms with E-state index < -0.39 is 35.4 Å². The molecule has 0 atom stereocenters. The van der Waals surface area contributed by atoms with Crippen LogP contribution in [0, 0.1) is 11.6 Å². The van der Waals surface area contributed by atoms with Crippen molar-refractivity contribution in [3.63, 3.8) is 0 Å². The molecule has 0 bridgehead atoms. The number of carbonyl (C=O) groups excluding carboxylic acids is 1. The van der Waals surface area contributed by atoms with E-state index in [0.29, 0.717) is 12.8 Å². The highest BCUT2D eigenvalue weighted by atomic mass is 35.5. The van der Waals surface area contributed by atoms with Gasteiger partial charge in [0.25, 0.3) is 5.91 Å². The van der Waals surface area contributed by atoms with Crippen LogP contribution in [0.3, 0.4) is 0 Å². The number of benzene rings is 2. The SMILES string of the molecule is O=C(NC(=Nc1cc(C(F)(F)F)nn1C1CCCC1)Nc1cc(F)cc(Cl)c1)c1cc(F)c(Cl)cc1Cl. The Balaban J connectivity index is 1.77. The van der Waals surface area contributed by atoms with Gasteiger partial charge in [-0.3, -0.25) is 10.1 Å². The first kappa shape index (κ1) is 27.2. The first-order chi connectivity index (χ1) is 17.4. The van der Waals surface area contributed by atoms with Gasteiger partial charge in [-0.05, 0) is 43.2 Å². The number of hydrogen-bond acceptors (Lipinski definition) is 3. The summed E-state index contributed by atoms with van der Waals surface area (Å²) in [5, 5.41) is 8.17. The smallest absolute Gasteiger partial charge is 0.325 e. The monoisotopic (exact) mass is 579 g/mol. The minimum absolute atomic E-state index is 0.00588. The second-order valence-electron chi connectivity index (χ2n) is 8.21. The Morgan fingerprint density at radius 2 is 1.70 bits per heavy atom. The molecule has 6 nitrogen and oxygen atoms in total. The molecule has 1 fully saturated rings. The average molecular weight is 581 g/mol. The van der Waals surface area contributed by atoms with E-state index in [1.807, 2.05) is 0 Å². The lowest BCUT2D eigenvalue weighted by molar-refractivity contribution is -0.141. The maximum absolute atomic E-state index is 14.0. The summed E-state index contributed by atoms with van der Waals surface area (Å²) in [5.74, 6) is -3.23. The average Bonchev–Trinajstić information content (AvgIpc) is 3.45. The number of amides is 1. The van der Waals surface area contributed by atoms with Crippen LogP contribution in [0.2, 0.25) is 15.1 Å². The van der Waals surface area contributed by atoms with Gasteiger partial charge in [0.2, 0.25) is 5.96 Å². The van der Waals surface area contributed by atoms with Crippen LogP contribution in [0.15, 0.2) is 41.4 Å². The summed E-state index contributed by atoms with van der Waals surface area (Å²) in [5.41, 5.74) is -1.46. The molecule has 1 aliphatic carbocycles. The Bertz CT molecular complexity index is 1350. The Hall–Kier alpha value is -2.89. The summed E-state index contributed by atoms with van der Waals surface area (Å²) in [6.45, 7) is 0. The van der Waals surface area contributed by atoms with E-state index in [4.69, 9.17) is 34.8 Å². The molecular formula is C23H17Cl3F5N5O. The number of nitrogens with one attached hydrogen (secondary N) is 2. The predicted molar refractivity (Wildman–Crippen MR) is 131 cm³/mol. The topological polar surface area (TPSA) is 71.3 Å². The third-order valence-corrected chi connectivity index (χ3v) is 6.34. The summed E-state index contributed by atoms with van der Waals surface area (Å²) in [6.07, 6.45) is -1.94. The normalized spacial score (nSPS) is 14.8. The minimum atomic E-state index is -4.74. The van der Waals surface area contributed by atoms with E-state index in [2.05, 4.69) is 20.7 Å². The largest absolute Gasteiger partial charge is 0.435 e. The third-order valence-electron chi connectivity index (χ3n) is 5.52. The lowest BCUT2D eigenvalue weighted by atomic mass is 10.2. The zero-order valence-corrected chi connectivity index (χ0v) is 20.9. The second-order valence-corrected chi connectivity index (χ2v) is 9.46. The van der Waals surface area contributed by atoms with Gasteiger partial charge in [0, 0.05) is 16.8 Å². The number of carbonyl (C=O) groups is 1. The number of rotatable bonds is 4. The van der Waals surface area contributed by atoms with Crippen molar-refractivity contribution in [2.75, 3.05) is 5.32 Å². The molecule has 1 amide bonds. The highest BCUT2D eigenvalue weighted by Gasteiger charge is 2.36. The van der Waals surface area contributed by atoms with Gasteiger partial charge in [0.05, 0.1) is 21.7 Å². The van der Waals surface area contributed by atoms with E-state index in [1.165, 1.54) is 6.07 Å². The van der Waals surface area contributed by atoms with E-state index in [0.717, 1.165) is 47.9 Å². The molecule has 14 heteroatoms. The summed E-state index contributed by atoms with van der Waals surface area (Å²) in [4.78, 5) is 17.1. The van der Waals surface area contributed by atoms with Gasteiger partial charge < -0.3 is 5.32 Å². The summed E-state index contributed by atoms with van der Waals surface area (Å²) < 4.78 is 69.4. The van der Waals surface area contributed by atoms with Crippen LogP contribution in [0.1, 0.15) is 47.8 Å². The van der Waals surface area contributed by atoms with Crippen LogP contribution >= 0.6 is 34.8 Å². The molecule has 3 aromatic rings. The Labute approximate surface area is 222 Å². The lowest BCUT2D eigenvalue weighted by Gasteiger charge is -2.15. The van der Waals surface area contributed by atoms with Crippen molar-refractivity contribution >= 4 is 58.2 Å². The van der Waals surface area contributed by atoms with Crippen molar-refractivity contribution in [2.45, 2.75) is 37.9 Å². The van der Waals surface area contributed by atoms with Crippen LogP contribution < -0.4 is 10.6 Å². The zero-order chi connectivity index (χ0) is 26.9. The van der Waals surface area contributed by atoms with E-state index >= 15 is 0 Å². The van der Waals surface area contributed by atoms with Gasteiger partial charge >= 0.3 is 6.18 Å². The molecule has 196 valence electrons. The van der Waals surface area contributed by atoms with E-state index in [-0.39, 0.29) is 38.2 Å². The molecule has 4 rings (SSSR count). The molecule has 1 aliphatic rings. The molecule has 1 aromatic heterocycles. The summed E-state index contributed by atoms with van der Waals surface area (Å²) in [7, 11) is 0. The van der Waals surface area contributed by atoms with Crippen molar-refractivity contribution in [3.05, 3.63) is 74.4 Å². The molecule has 37 heavy (non-hydrogen) atoms. The minimum Gasteiger partial charge on any atom is -0.325 e. The van der Waals surface area contributed by atoms with Crippen LogP contribution in [0.4, 0.5) is 33.5 Å². The van der Waals surface area contributed by atoms with E-state index in [1.54, 1.807) is 0 Å². The fraction of sp³-hybridized carbons (Fsp3) is 0.261. The van der Waals surface area contributed by atoms with Crippen molar-refractivity contribution < 1.29 is 26.7 Å².